The Bertz CT molecular complexity index is 999. The smallest absolute Gasteiger partial charge is 0.272 e. The molecule has 1 aliphatic rings. The summed E-state index contributed by atoms with van der Waals surface area (Å²) in [7, 11) is -3.95. The van der Waals surface area contributed by atoms with Gasteiger partial charge in [-0.05, 0) is 67.8 Å². The lowest BCUT2D eigenvalue weighted by molar-refractivity contribution is -0.123. The van der Waals surface area contributed by atoms with E-state index in [1.807, 2.05) is 24.7 Å². The molecule has 2 N–H and O–H groups in total. The van der Waals surface area contributed by atoms with Gasteiger partial charge in [-0.25, -0.2) is 8.42 Å². The van der Waals surface area contributed by atoms with Crippen LogP contribution in [0.25, 0.3) is 0 Å². The van der Waals surface area contributed by atoms with E-state index in [9.17, 15) is 18.0 Å². The summed E-state index contributed by atoms with van der Waals surface area (Å²) in [6.07, 6.45) is 1.29. The van der Waals surface area contributed by atoms with E-state index >= 15 is 0 Å². The highest BCUT2D eigenvalue weighted by molar-refractivity contribution is 7.89. The van der Waals surface area contributed by atoms with Crippen molar-refractivity contribution in [3.05, 3.63) is 53.6 Å². The molecule has 9 heteroatoms. The van der Waals surface area contributed by atoms with Crippen molar-refractivity contribution in [1.29, 1.82) is 0 Å². The largest absolute Gasteiger partial charge is 0.484 e. The molecule has 1 fully saturated rings. The van der Waals surface area contributed by atoms with Crippen LogP contribution < -0.4 is 19.9 Å². The Labute approximate surface area is 169 Å². The first-order chi connectivity index (χ1) is 13.7. The number of nitrogens with one attached hydrogen (secondary N) is 2. The number of carbonyl (C=O) groups excluding carboxylic acids is 2. The molecule has 29 heavy (non-hydrogen) atoms. The van der Waals surface area contributed by atoms with Crippen molar-refractivity contribution >= 4 is 27.5 Å². The Morgan fingerprint density at radius 1 is 1.10 bits per heavy atom. The summed E-state index contributed by atoms with van der Waals surface area (Å²) in [5.41, 5.74) is 4.78. The molecule has 0 aromatic heterocycles. The van der Waals surface area contributed by atoms with Crippen molar-refractivity contribution < 1.29 is 22.7 Å². The van der Waals surface area contributed by atoms with E-state index in [0.29, 0.717) is 24.4 Å². The second-order valence-corrected chi connectivity index (χ2v) is 8.59. The summed E-state index contributed by atoms with van der Waals surface area (Å²) in [4.78, 5) is 27.3. The topological polar surface area (TPSA) is 105 Å². The number of hydrogen-bond donors (Lipinski definition) is 2. The van der Waals surface area contributed by atoms with Gasteiger partial charge in [0.05, 0.1) is 4.90 Å². The average molecular weight is 417 g/mol. The van der Waals surface area contributed by atoms with Gasteiger partial charge < -0.3 is 9.64 Å². The number of ether oxygens (including phenoxy) is 1. The van der Waals surface area contributed by atoms with Gasteiger partial charge in [0, 0.05) is 18.7 Å². The Balaban J connectivity index is 1.55. The van der Waals surface area contributed by atoms with Crippen LogP contribution >= 0.6 is 0 Å². The molecule has 2 aromatic carbocycles. The second kappa shape index (κ2) is 8.62. The van der Waals surface area contributed by atoms with Crippen molar-refractivity contribution in [2.75, 3.05) is 18.1 Å². The minimum Gasteiger partial charge on any atom is -0.484 e. The van der Waals surface area contributed by atoms with Crippen molar-refractivity contribution in [3.8, 4) is 5.75 Å². The molecule has 0 radical (unpaired) electrons. The van der Waals surface area contributed by atoms with E-state index in [-0.39, 0.29) is 17.4 Å². The van der Waals surface area contributed by atoms with E-state index in [1.165, 1.54) is 12.1 Å². The van der Waals surface area contributed by atoms with E-state index in [0.717, 1.165) is 17.5 Å². The predicted molar refractivity (Wildman–Crippen MR) is 108 cm³/mol. The minimum atomic E-state index is -3.95. The van der Waals surface area contributed by atoms with Crippen molar-refractivity contribution in [2.24, 2.45) is 0 Å². The number of amides is 2. The quantitative estimate of drug-likeness (QED) is 0.669. The zero-order valence-electron chi connectivity index (χ0n) is 16.3. The van der Waals surface area contributed by atoms with Crippen LogP contribution in [0, 0.1) is 13.8 Å². The van der Waals surface area contributed by atoms with Gasteiger partial charge in [0.15, 0.2) is 6.61 Å². The molecule has 0 bridgehead atoms. The van der Waals surface area contributed by atoms with Gasteiger partial charge in [-0.3, -0.25) is 15.0 Å². The molecule has 2 amide bonds. The number of anilines is 1. The summed E-state index contributed by atoms with van der Waals surface area (Å²) in [6, 6.07) is 11.5. The Morgan fingerprint density at radius 2 is 1.76 bits per heavy atom. The maximum absolute atomic E-state index is 12.3. The molecule has 0 unspecified atom stereocenters. The van der Waals surface area contributed by atoms with Crippen molar-refractivity contribution in [3.63, 3.8) is 0 Å². The molecule has 0 aliphatic carbocycles. The third-order valence-electron chi connectivity index (χ3n) is 4.42. The standard InChI is InChI=1S/C20H23N3O5S/c1-14-10-15(2)12-17(11-14)28-13-19(24)21-22-29(26,27)18-7-5-16(6-8-18)23-9-3-4-20(23)25/h5-8,10-12,22H,3-4,9,13H2,1-2H3,(H,21,24). The maximum Gasteiger partial charge on any atom is 0.272 e. The predicted octanol–water partition coefficient (Wildman–Crippen LogP) is 1.82. The van der Waals surface area contributed by atoms with Crippen LogP contribution in [0.3, 0.4) is 0 Å². The van der Waals surface area contributed by atoms with Gasteiger partial charge >= 0.3 is 0 Å². The number of hydrogen-bond acceptors (Lipinski definition) is 5. The highest BCUT2D eigenvalue weighted by Crippen LogP contribution is 2.22. The minimum absolute atomic E-state index is 0.0230. The van der Waals surface area contributed by atoms with Gasteiger partial charge in [-0.2, -0.15) is 0 Å². The van der Waals surface area contributed by atoms with Crippen LogP contribution in [0.15, 0.2) is 47.4 Å². The van der Waals surface area contributed by atoms with Crippen molar-refractivity contribution in [2.45, 2.75) is 31.6 Å². The van der Waals surface area contributed by atoms with Crippen LogP contribution in [-0.2, 0) is 19.6 Å². The molecule has 0 spiro atoms. The molecule has 8 nitrogen and oxygen atoms in total. The summed E-state index contributed by atoms with van der Waals surface area (Å²) < 4.78 is 30.1. The summed E-state index contributed by atoms with van der Waals surface area (Å²) in [5, 5.41) is 0. The lowest BCUT2D eigenvalue weighted by atomic mass is 10.1. The Hall–Kier alpha value is -2.91. The van der Waals surface area contributed by atoms with Crippen LogP contribution in [-0.4, -0.2) is 33.4 Å². The van der Waals surface area contributed by atoms with Gasteiger partial charge in [0.2, 0.25) is 5.91 Å². The number of nitrogens with zero attached hydrogens (tertiary/aromatic N) is 1. The third-order valence-corrected chi connectivity index (χ3v) is 5.69. The molecule has 1 saturated heterocycles. The summed E-state index contributed by atoms with van der Waals surface area (Å²) in [6.45, 7) is 4.12. The maximum atomic E-state index is 12.3. The molecule has 154 valence electrons. The Kier molecular flexibility index (Phi) is 6.19. The van der Waals surface area contributed by atoms with E-state index in [4.69, 9.17) is 4.74 Å². The average Bonchev–Trinajstić information content (AvgIpc) is 3.10. The van der Waals surface area contributed by atoms with E-state index < -0.39 is 15.9 Å². The lowest BCUT2D eigenvalue weighted by Gasteiger charge is -2.16. The number of benzene rings is 2. The highest BCUT2D eigenvalue weighted by Gasteiger charge is 2.22. The fourth-order valence-electron chi connectivity index (χ4n) is 3.11. The monoisotopic (exact) mass is 417 g/mol. The van der Waals surface area contributed by atoms with E-state index in [1.54, 1.807) is 29.2 Å². The van der Waals surface area contributed by atoms with Crippen LogP contribution in [0.1, 0.15) is 24.0 Å². The summed E-state index contributed by atoms with van der Waals surface area (Å²) in [5.74, 6) is -0.0747. The van der Waals surface area contributed by atoms with Gasteiger partial charge in [-0.1, -0.05) is 6.07 Å². The molecule has 1 aliphatic heterocycles. The SMILES string of the molecule is Cc1cc(C)cc(OCC(=O)NNS(=O)(=O)c2ccc(N3CCCC3=O)cc2)c1. The zero-order valence-corrected chi connectivity index (χ0v) is 17.1. The lowest BCUT2D eigenvalue weighted by Crippen LogP contribution is -2.43. The summed E-state index contributed by atoms with van der Waals surface area (Å²) >= 11 is 0. The van der Waals surface area contributed by atoms with Crippen LogP contribution in [0.2, 0.25) is 0 Å². The molecule has 1 heterocycles. The number of carbonyl (C=O) groups is 2. The molecule has 3 rings (SSSR count). The number of aryl methyl sites for hydroxylation is 2. The number of sulfonamides is 1. The first kappa shape index (κ1) is 20.8. The zero-order chi connectivity index (χ0) is 21.0. The van der Waals surface area contributed by atoms with Gasteiger partial charge in [-0.15, -0.1) is 4.83 Å². The number of hydrazine groups is 1. The highest BCUT2D eigenvalue weighted by atomic mass is 32.2. The van der Waals surface area contributed by atoms with Gasteiger partial charge in [0.1, 0.15) is 5.75 Å². The first-order valence-electron chi connectivity index (χ1n) is 9.17. The molecule has 2 aromatic rings. The molecule has 0 atom stereocenters. The Morgan fingerprint density at radius 3 is 2.34 bits per heavy atom. The molecule has 0 saturated carbocycles. The van der Waals surface area contributed by atoms with Crippen LogP contribution in [0.5, 0.6) is 5.75 Å². The van der Waals surface area contributed by atoms with Crippen LogP contribution in [0.4, 0.5) is 5.69 Å². The fourth-order valence-corrected chi connectivity index (χ4v) is 3.97. The number of rotatable bonds is 7. The van der Waals surface area contributed by atoms with E-state index in [2.05, 4.69) is 5.43 Å². The normalized spacial score (nSPS) is 14.1. The fraction of sp³-hybridized carbons (Fsp3) is 0.300. The second-order valence-electron chi connectivity index (χ2n) is 6.91. The third kappa shape index (κ3) is 5.33. The van der Waals surface area contributed by atoms with Crippen molar-refractivity contribution in [1.82, 2.24) is 10.3 Å². The van der Waals surface area contributed by atoms with Gasteiger partial charge in [0.25, 0.3) is 15.9 Å². The first-order valence-corrected chi connectivity index (χ1v) is 10.6. The molecular formula is C20H23N3O5S. The molecular weight excluding hydrogens is 394 g/mol.